The number of unbranched alkanes of at least 4 members (excludes halogenated alkanes) is 3. The molecule has 1 amide bonds. The van der Waals surface area contributed by atoms with Crippen LogP contribution in [0.5, 0.6) is 0 Å². The number of carbonyl (C=O) groups excluding carboxylic acids is 1. The second-order valence-electron chi connectivity index (χ2n) is 4.95. The lowest BCUT2D eigenvalue weighted by Gasteiger charge is -2.10. The quantitative estimate of drug-likeness (QED) is 0.655. The van der Waals surface area contributed by atoms with Gasteiger partial charge in [0, 0.05) is 13.0 Å². The minimum atomic E-state index is -0.133. The molecule has 1 aliphatic rings. The Balaban J connectivity index is 1.97. The molecular weight excluding hydrogens is 202 g/mol. The number of rotatable bonds is 7. The van der Waals surface area contributed by atoms with E-state index in [1.54, 1.807) is 0 Å². The van der Waals surface area contributed by atoms with Crippen molar-refractivity contribution in [2.75, 3.05) is 6.54 Å². The van der Waals surface area contributed by atoms with Gasteiger partial charge < -0.3 is 10.4 Å². The molecule has 0 aromatic carbocycles. The van der Waals surface area contributed by atoms with Crippen LogP contribution in [0.3, 0.4) is 0 Å². The summed E-state index contributed by atoms with van der Waals surface area (Å²) in [6.45, 7) is 2.93. The van der Waals surface area contributed by atoms with E-state index in [1.807, 2.05) is 0 Å². The summed E-state index contributed by atoms with van der Waals surface area (Å²) in [5, 5.41) is 12.3. The van der Waals surface area contributed by atoms with Crippen molar-refractivity contribution in [3.8, 4) is 0 Å². The summed E-state index contributed by atoms with van der Waals surface area (Å²) in [7, 11) is 0. The Morgan fingerprint density at radius 2 is 2.12 bits per heavy atom. The summed E-state index contributed by atoms with van der Waals surface area (Å²) < 4.78 is 0. The Kier molecular flexibility index (Phi) is 6.46. The average Bonchev–Trinajstić information content (AvgIpc) is 2.68. The molecule has 3 heteroatoms. The number of amides is 1. The minimum Gasteiger partial charge on any atom is -0.393 e. The Morgan fingerprint density at radius 1 is 1.31 bits per heavy atom. The lowest BCUT2D eigenvalue weighted by molar-refractivity contribution is -0.121. The van der Waals surface area contributed by atoms with Gasteiger partial charge in [-0.1, -0.05) is 26.2 Å². The maximum absolute atomic E-state index is 11.5. The molecule has 1 fully saturated rings. The van der Waals surface area contributed by atoms with Gasteiger partial charge in [-0.25, -0.2) is 0 Å². The van der Waals surface area contributed by atoms with E-state index in [0.29, 0.717) is 12.3 Å². The van der Waals surface area contributed by atoms with Crippen molar-refractivity contribution in [2.24, 2.45) is 5.92 Å². The highest BCUT2D eigenvalue weighted by Crippen LogP contribution is 2.24. The van der Waals surface area contributed by atoms with Crippen LogP contribution < -0.4 is 5.32 Å². The van der Waals surface area contributed by atoms with Gasteiger partial charge in [-0.15, -0.1) is 0 Å². The lowest BCUT2D eigenvalue weighted by Crippen LogP contribution is -2.28. The molecule has 0 saturated heterocycles. The van der Waals surface area contributed by atoms with Crippen molar-refractivity contribution in [3.05, 3.63) is 0 Å². The van der Waals surface area contributed by atoms with Gasteiger partial charge >= 0.3 is 0 Å². The Labute approximate surface area is 98.6 Å². The van der Waals surface area contributed by atoms with Gasteiger partial charge in [0.1, 0.15) is 0 Å². The third-order valence-corrected chi connectivity index (χ3v) is 3.36. The molecule has 0 spiro atoms. The topological polar surface area (TPSA) is 49.3 Å². The highest BCUT2D eigenvalue weighted by atomic mass is 16.3. The second-order valence-corrected chi connectivity index (χ2v) is 4.95. The lowest BCUT2D eigenvalue weighted by atomic mass is 10.1. The van der Waals surface area contributed by atoms with Crippen LogP contribution in [0.2, 0.25) is 0 Å². The van der Waals surface area contributed by atoms with Crippen LogP contribution in [0.15, 0.2) is 0 Å². The van der Waals surface area contributed by atoms with Gasteiger partial charge in [-0.2, -0.15) is 0 Å². The molecule has 0 radical (unpaired) electrons. The molecule has 1 aliphatic carbocycles. The molecule has 0 aromatic rings. The van der Waals surface area contributed by atoms with Gasteiger partial charge in [-0.3, -0.25) is 4.79 Å². The van der Waals surface area contributed by atoms with Gasteiger partial charge in [0.15, 0.2) is 0 Å². The number of aliphatic hydroxyl groups is 1. The molecule has 1 saturated carbocycles. The SMILES string of the molecule is CCCCCCC(=O)NCC1CCC(O)C1. The van der Waals surface area contributed by atoms with E-state index in [1.165, 1.54) is 12.8 Å². The van der Waals surface area contributed by atoms with Crippen molar-refractivity contribution in [3.63, 3.8) is 0 Å². The number of nitrogens with one attached hydrogen (secondary N) is 1. The maximum Gasteiger partial charge on any atom is 0.220 e. The smallest absolute Gasteiger partial charge is 0.220 e. The first-order chi connectivity index (χ1) is 7.72. The zero-order valence-corrected chi connectivity index (χ0v) is 10.4. The van der Waals surface area contributed by atoms with E-state index in [-0.39, 0.29) is 12.0 Å². The van der Waals surface area contributed by atoms with Crippen LogP contribution in [-0.2, 0) is 4.79 Å². The predicted octanol–water partition coefficient (Wildman–Crippen LogP) is 2.23. The Hall–Kier alpha value is -0.570. The van der Waals surface area contributed by atoms with E-state index in [2.05, 4.69) is 12.2 Å². The maximum atomic E-state index is 11.5. The molecule has 0 bridgehead atoms. The molecule has 1 rings (SSSR count). The van der Waals surface area contributed by atoms with Gasteiger partial charge in [-0.05, 0) is 31.6 Å². The number of hydrogen-bond donors (Lipinski definition) is 2. The first kappa shape index (κ1) is 13.5. The van der Waals surface area contributed by atoms with Crippen molar-refractivity contribution in [1.29, 1.82) is 0 Å². The molecule has 2 unspecified atom stereocenters. The van der Waals surface area contributed by atoms with Crippen molar-refractivity contribution in [1.82, 2.24) is 5.32 Å². The second kappa shape index (κ2) is 7.66. The summed E-state index contributed by atoms with van der Waals surface area (Å²) in [6, 6.07) is 0. The fraction of sp³-hybridized carbons (Fsp3) is 0.923. The van der Waals surface area contributed by atoms with Crippen molar-refractivity contribution < 1.29 is 9.90 Å². The van der Waals surface area contributed by atoms with E-state index >= 15 is 0 Å². The first-order valence-electron chi connectivity index (χ1n) is 6.67. The molecule has 3 nitrogen and oxygen atoms in total. The number of aliphatic hydroxyl groups excluding tert-OH is 1. The molecule has 16 heavy (non-hydrogen) atoms. The molecule has 94 valence electrons. The van der Waals surface area contributed by atoms with E-state index in [0.717, 1.165) is 38.6 Å². The van der Waals surface area contributed by atoms with E-state index in [4.69, 9.17) is 0 Å². The zero-order valence-electron chi connectivity index (χ0n) is 10.4. The van der Waals surface area contributed by atoms with Gasteiger partial charge in [0.2, 0.25) is 5.91 Å². The minimum absolute atomic E-state index is 0.133. The standard InChI is InChI=1S/C13H25NO2/c1-2-3-4-5-6-13(16)14-10-11-7-8-12(15)9-11/h11-12,15H,2-10H2,1H3,(H,14,16). The third-order valence-electron chi connectivity index (χ3n) is 3.36. The Bertz CT molecular complexity index is 206. The van der Waals surface area contributed by atoms with E-state index < -0.39 is 0 Å². The molecule has 0 aromatic heterocycles. The first-order valence-corrected chi connectivity index (χ1v) is 6.67. The average molecular weight is 227 g/mol. The van der Waals surface area contributed by atoms with Crippen molar-refractivity contribution >= 4 is 5.91 Å². The normalized spacial score (nSPS) is 24.6. The number of carbonyl (C=O) groups is 1. The van der Waals surface area contributed by atoms with Crippen LogP contribution in [0.1, 0.15) is 58.3 Å². The highest BCUT2D eigenvalue weighted by Gasteiger charge is 2.22. The molecular formula is C13H25NO2. The zero-order chi connectivity index (χ0) is 11.8. The fourth-order valence-corrected chi connectivity index (χ4v) is 2.29. The third kappa shape index (κ3) is 5.50. The summed E-state index contributed by atoms with van der Waals surface area (Å²) in [5.74, 6) is 0.673. The van der Waals surface area contributed by atoms with Crippen LogP contribution in [0.4, 0.5) is 0 Å². The molecule has 2 atom stereocenters. The van der Waals surface area contributed by atoms with Crippen LogP contribution >= 0.6 is 0 Å². The van der Waals surface area contributed by atoms with Crippen LogP contribution in [-0.4, -0.2) is 23.7 Å². The molecule has 0 aliphatic heterocycles. The van der Waals surface area contributed by atoms with Crippen LogP contribution in [0, 0.1) is 5.92 Å². The summed E-state index contributed by atoms with van der Waals surface area (Å²) in [6.07, 6.45) is 7.94. The summed E-state index contributed by atoms with van der Waals surface area (Å²) in [5.41, 5.74) is 0. The largest absolute Gasteiger partial charge is 0.393 e. The predicted molar refractivity (Wildman–Crippen MR) is 65.1 cm³/mol. The van der Waals surface area contributed by atoms with Gasteiger partial charge in [0.05, 0.1) is 6.10 Å². The highest BCUT2D eigenvalue weighted by molar-refractivity contribution is 5.75. The Morgan fingerprint density at radius 3 is 2.75 bits per heavy atom. The van der Waals surface area contributed by atoms with Gasteiger partial charge in [0.25, 0.3) is 0 Å². The van der Waals surface area contributed by atoms with E-state index in [9.17, 15) is 9.90 Å². The summed E-state index contributed by atoms with van der Waals surface area (Å²) >= 11 is 0. The summed E-state index contributed by atoms with van der Waals surface area (Å²) in [4.78, 5) is 11.5. The molecule has 2 N–H and O–H groups in total. The number of hydrogen-bond acceptors (Lipinski definition) is 2. The van der Waals surface area contributed by atoms with Crippen molar-refractivity contribution in [2.45, 2.75) is 64.4 Å². The van der Waals surface area contributed by atoms with Crippen LogP contribution in [0.25, 0.3) is 0 Å². The molecule has 0 heterocycles. The monoisotopic (exact) mass is 227 g/mol. The fourth-order valence-electron chi connectivity index (χ4n) is 2.29.